The van der Waals surface area contributed by atoms with Gasteiger partial charge < -0.3 is 14.7 Å². The maximum atomic E-state index is 5.43. The van der Waals surface area contributed by atoms with Crippen LogP contribution in [0, 0.1) is 0 Å². The third-order valence-electron chi connectivity index (χ3n) is 3.14. The molecule has 1 aromatic heterocycles. The van der Waals surface area contributed by atoms with Crippen LogP contribution in [0.1, 0.15) is 52.5 Å². The van der Waals surface area contributed by atoms with E-state index in [1.165, 1.54) is 5.57 Å². The molecule has 0 saturated carbocycles. The second kappa shape index (κ2) is 7.29. The van der Waals surface area contributed by atoms with Crippen LogP contribution in [-0.4, -0.2) is 17.7 Å². The van der Waals surface area contributed by atoms with Crippen molar-refractivity contribution in [2.24, 2.45) is 0 Å². The van der Waals surface area contributed by atoms with Crippen molar-refractivity contribution in [1.29, 1.82) is 0 Å². The van der Waals surface area contributed by atoms with E-state index in [1.54, 1.807) is 7.11 Å². The molecule has 1 aromatic rings. The first-order valence-corrected chi connectivity index (χ1v) is 6.67. The molecule has 0 unspecified atom stereocenters. The summed E-state index contributed by atoms with van der Waals surface area (Å²) in [6.45, 7) is 14.6. The van der Waals surface area contributed by atoms with E-state index in [4.69, 9.17) is 9.26 Å². The molecular weight excluding hydrogens is 254 g/mol. The molecular formula is C16H27NO3. The second-order valence-electron chi connectivity index (χ2n) is 5.88. The fourth-order valence-electron chi connectivity index (χ4n) is 1.83. The highest BCUT2D eigenvalue weighted by molar-refractivity contribution is 5.31. The SMILES string of the molecule is C=C(Cc1cc(C(C)(C)C)on1)/C(OC)=C(/C)CC.O. The van der Waals surface area contributed by atoms with Crippen LogP contribution in [0.5, 0.6) is 0 Å². The van der Waals surface area contributed by atoms with Crippen LogP contribution < -0.4 is 0 Å². The monoisotopic (exact) mass is 281 g/mol. The molecule has 0 aliphatic heterocycles. The van der Waals surface area contributed by atoms with Crippen LogP contribution in [0.25, 0.3) is 0 Å². The summed E-state index contributed by atoms with van der Waals surface area (Å²) in [7, 11) is 1.68. The maximum Gasteiger partial charge on any atom is 0.142 e. The van der Waals surface area contributed by atoms with Gasteiger partial charge in [-0.25, -0.2) is 0 Å². The largest absolute Gasteiger partial charge is 0.497 e. The van der Waals surface area contributed by atoms with Gasteiger partial charge in [-0.1, -0.05) is 39.4 Å². The van der Waals surface area contributed by atoms with Crippen LogP contribution in [0.3, 0.4) is 0 Å². The normalized spacial score (nSPS) is 12.5. The Kier molecular flexibility index (Phi) is 6.73. The van der Waals surface area contributed by atoms with Gasteiger partial charge in [-0.2, -0.15) is 0 Å². The average Bonchev–Trinajstić information content (AvgIpc) is 2.77. The topological polar surface area (TPSA) is 66.8 Å². The first-order valence-electron chi connectivity index (χ1n) is 6.67. The van der Waals surface area contributed by atoms with E-state index >= 15 is 0 Å². The lowest BCUT2D eigenvalue weighted by molar-refractivity contribution is 0.293. The number of hydrogen-bond donors (Lipinski definition) is 0. The van der Waals surface area contributed by atoms with Gasteiger partial charge in [0.2, 0.25) is 0 Å². The number of hydrogen-bond acceptors (Lipinski definition) is 3. The lowest BCUT2D eigenvalue weighted by Gasteiger charge is -2.12. The highest BCUT2D eigenvalue weighted by atomic mass is 16.5. The van der Waals surface area contributed by atoms with Gasteiger partial charge in [-0.3, -0.25) is 0 Å². The molecule has 0 aromatic carbocycles. The maximum absolute atomic E-state index is 5.43. The highest BCUT2D eigenvalue weighted by Crippen LogP contribution is 2.25. The summed E-state index contributed by atoms with van der Waals surface area (Å²) in [5.41, 5.74) is 3.02. The van der Waals surface area contributed by atoms with E-state index < -0.39 is 0 Å². The average molecular weight is 281 g/mol. The quantitative estimate of drug-likeness (QED) is 0.612. The zero-order valence-corrected chi connectivity index (χ0v) is 13.5. The Hall–Kier alpha value is -1.55. The zero-order chi connectivity index (χ0) is 14.6. The summed E-state index contributed by atoms with van der Waals surface area (Å²) in [5, 5.41) is 4.11. The van der Waals surface area contributed by atoms with Gasteiger partial charge in [0.25, 0.3) is 0 Å². The van der Waals surface area contributed by atoms with E-state index in [0.717, 1.165) is 29.2 Å². The van der Waals surface area contributed by atoms with Crippen molar-refractivity contribution in [3.63, 3.8) is 0 Å². The van der Waals surface area contributed by atoms with E-state index in [2.05, 4.69) is 46.4 Å². The third kappa shape index (κ3) is 4.53. The molecule has 2 N–H and O–H groups in total. The summed E-state index contributed by atoms with van der Waals surface area (Å²) in [6, 6.07) is 2.00. The van der Waals surface area contributed by atoms with E-state index in [-0.39, 0.29) is 10.9 Å². The smallest absolute Gasteiger partial charge is 0.142 e. The minimum atomic E-state index is -0.0220. The Balaban J connectivity index is 0.00000361. The summed E-state index contributed by atoms with van der Waals surface area (Å²) in [5.74, 6) is 1.77. The van der Waals surface area contributed by atoms with Crippen molar-refractivity contribution < 1.29 is 14.7 Å². The molecule has 0 spiro atoms. The molecule has 1 heterocycles. The Morgan fingerprint density at radius 3 is 2.40 bits per heavy atom. The fourth-order valence-corrected chi connectivity index (χ4v) is 1.83. The van der Waals surface area contributed by atoms with Crippen molar-refractivity contribution in [2.75, 3.05) is 7.11 Å². The van der Waals surface area contributed by atoms with Gasteiger partial charge in [0, 0.05) is 17.9 Å². The first kappa shape index (κ1) is 18.4. The van der Waals surface area contributed by atoms with Crippen LogP contribution >= 0.6 is 0 Å². The number of nitrogens with zero attached hydrogens (tertiary/aromatic N) is 1. The van der Waals surface area contributed by atoms with Crippen molar-refractivity contribution in [3.05, 3.63) is 41.0 Å². The van der Waals surface area contributed by atoms with Gasteiger partial charge >= 0.3 is 0 Å². The minimum absolute atomic E-state index is 0. The molecule has 4 nitrogen and oxygen atoms in total. The third-order valence-corrected chi connectivity index (χ3v) is 3.14. The Bertz CT molecular complexity index is 478. The molecule has 1 rings (SSSR count). The van der Waals surface area contributed by atoms with Gasteiger partial charge in [0.05, 0.1) is 12.8 Å². The van der Waals surface area contributed by atoms with Crippen molar-refractivity contribution in [2.45, 2.75) is 52.9 Å². The highest BCUT2D eigenvalue weighted by Gasteiger charge is 2.20. The second-order valence-corrected chi connectivity index (χ2v) is 5.88. The molecule has 0 bridgehead atoms. The van der Waals surface area contributed by atoms with Gasteiger partial charge in [0.15, 0.2) is 0 Å². The number of methoxy groups -OCH3 is 1. The standard InChI is InChI=1S/C16H25NO2.H2O/c1-8-11(2)15(18-7)12(3)9-13-10-14(19-17-13)16(4,5)6;/h10H,3,8-9H2,1-2,4-7H3;1H2/b15-11+;. The predicted octanol–water partition coefficient (Wildman–Crippen LogP) is 3.58. The summed E-state index contributed by atoms with van der Waals surface area (Å²) in [4.78, 5) is 0. The van der Waals surface area contributed by atoms with E-state index in [1.807, 2.05) is 6.07 Å². The number of rotatable bonds is 5. The Morgan fingerprint density at radius 2 is 2.00 bits per heavy atom. The number of allylic oxidation sites excluding steroid dienone is 2. The van der Waals surface area contributed by atoms with Crippen LogP contribution in [0.15, 0.2) is 34.1 Å². The lowest BCUT2D eigenvalue weighted by Crippen LogP contribution is -2.09. The molecule has 0 atom stereocenters. The Morgan fingerprint density at radius 1 is 1.40 bits per heavy atom. The van der Waals surface area contributed by atoms with Crippen molar-refractivity contribution in [1.82, 2.24) is 5.16 Å². The number of ether oxygens (including phenoxy) is 1. The Labute approximate surface area is 121 Å². The minimum Gasteiger partial charge on any atom is -0.497 e. The van der Waals surface area contributed by atoms with Crippen LogP contribution in [0.4, 0.5) is 0 Å². The molecule has 0 fully saturated rings. The molecule has 0 amide bonds. The van der Waals surface area contributed by atoms with Gasteiger partial charge in [0.1, 0.15) is 11.5 Å². The molecule has 114 valence electrons. The van der Waals surface area contributed by atoms with Crippen LogP contribution in [-0.2, 0) is 16.6 Å². The van der Waals surface area contributed by atoms with Gasteiger partial charge in [-0.05, 0) is 24.5 Å². The molecule has 0 aliphatic carbocycles. The summed E-state index contributed by atoms with van der Waals surface area (Å²) < 4.78 is 10.8. The molecule has 4 heteroatoms. The first-order chi connectivity index (χ1) is 8.79. The number of aromatic nitrogens is 1. The van der Waals surface area contributed by atoms with E-state index in [0.29, 0.717) is 6.42 Å². The molecule has 0 saturated heterocycles. The van der Waals surface area contributed by atoms with E-state index in [9.17, 15) is 0 Å². The summed E-state index contributed by atoms with van der Waals surface area (Å²) >= 11 is 0. The molecule has 20 heavy (non-hydrogen) atoms. The zero-order valence-electron chi connectivity index (χ0n) is 13.5. The predicted molar refractivity (Wildman–Crippen MR) is 81.7 cm³/mol. The molecule has 0 radical (unpaired) electrons. The van der Waals surface area contributed by atoms with Crippen molar-refractivity contribution >= 4 is 0 Å². The van der Waals surface area contributed by atoms with Crippen LogP contribution in [0.2, 0.25) is 0 Å². The fraction of sp³-hybridized carbons (Fsp3) is 0.562. The lowest BCUT2D eigenvalue weighted by atomic mass is 9.93. The molecule has 0 aliphatic rings. The van der Waals surface area contributed by atoms with Crippen molar-refractivity contribution in [3.8, 4) is 0 Å². The summed E-state index contributed by atoms with van der Waals surface area (Å²) in [6.07, 6.45) is 1.61. The van der Waals surface area contributed by atoms with Gasteiger partial charge in [-0.15, -0.1) is 0 Å².